The van der Waals surface area contributed by atoms with E-state index in [9.17, 15) is 9.59 Å². The maximum Gasteiger partial charge on any atom is 0.262 e. The molecule has 0 atom stereocenters. The van der Waals surface area contributed by atoms with E-state index in [4.69, 9.17) is 4.74 Å². The zero-order valence-corrected chi connectivity index (χ0v) is 13.2. The van der Waals surface area contributed by atoms with Crippen LogP contribution in [0.3, 0.4) is 0 Å². The van der Waals surface area contributed by atoms with Crippen molar-refractivity contribution >= 4 is 24.0 Å². The summed E-state index contributed by atoms with van der Waals surface area (Å²) < 4.78 is 5.06. The van der Waals surface area contributed by atoms with Gasteiger partial charge in [0.05, 0.1) is 7.11 Å². The van der Waals surface area contributed by atoms with E-state index in [1.54, 1.807) is 31.4 Å². The molecular formula is C19H18N2O3. The molecule has 0 bridgehead atoms. The Hall–Kier alpha value is -3.34. The van der Waals surface area contributed by atoms with E-state index in [2.05, 4.69) is 10.9 Å². The smallest absolute Gasteiger partial charge is 0.262 e. The first-order valence-electron chi connectivity index (χ1n) is 7.32. The van der Waals surface area contributed by atoms with E-state index >= 15 is 0 Å². The Morgan fingerprint density at radius 2 is 1.29 bits per heavy atom. The molecule has 0 saturated carbocycles. The number of rotatable bonds is 5. The highest BCUT2D eigenvalue weighted by atomic mass is 16.5. The lowest BCUT2D eigenvalue weighted by atomic mass is 10.2. The van der Waals surface area contributed by atoms with Crippen LogP contribution in [0, 0.1) is 0 Å². The average molecular weight is 322 g/mol. The van der Waals surface area contributed by atoms with Crippen LogP contribution in [0.5, 0.6) is 5.75 Å². The van der Waals surface area contributed by atoms with Crippen molar-refractivity contribution < 1.29 is 14.3 Å². The quantitative estimate of drug-likeness (QED) is 0.657. The highest BCUT2D eigenvalue weighted by Gasteiger charge is 1.98. The van der Waals surface area contributed by atoms with Crippen LogP contribution < -0.4 is 15.6 Å². The molecule has 0 aliphatic heterocycles. The minimum absolute atomic E-state index is 0.412. The van der Waals surface area contributed by atoms with Gasteiger partial charge in [0.1, 0.15) is 5.75 Å². The van der Waals surface area contributed by atoms with Gasteiger partial charge in [-0.2, -0.15) is 0 Å². The normalized spacial score (nSPS) is 10.7. The average Bonchev–Trinajstić information content (AvgIpc) is 2.64. The molecule has 0 saturated heterocycles. The minimum atomic E-state index is -0.424. The summed E-state index contributed by atoms with van der Waals surface area (Å²) in [6, 6.07) is 16.6. The molecular weight excluding hydrogens is 304 g/mol. The van der Waals surface area contributed by atoms with Crippen molar-refractivity contribution in [3.8, 4) is 5.75 Å². The Kier molecular flexibility index (Phi) is 6.35. The Morgan fingerprint density at radius 1 is 0.792 bits per heavy atom. The van der Waals surface area contributed by atoms with Gasteiger partial charge in [-0.3, -0.25) is 20.4 Å². The van der Waals surface area contributed by atoms with E-state index in [1.165, 1.54) is 12.2 Å². The molecule has 2 aromatic carbocycles. The van der Waals surface area contributed by atoms with Crippen molar-refractivity contribution in [2.75, 3.05) is 7.11 Å². The maximum atomic E-state index is 11.7. The highest BCUT2D eigenvalue weighted by molar-refractivity contribution is 5.96. The number of hydrazine groups is 1. The molecule has 24 heavy (non-hydrogen) atoms. The molecule has 0 aliphatic rings. The summed E-state index contributed by atoms with van der Waals surface area (Å²) in [4.78, 5) is 23.3. The van der Waals surface area contributed by atoms with Crippen LogP contribution in [0.1, 0.15) is 11.1 Å². The Morgan fingerprint density at radius 3 is 1.79 bits per heavy atom. The van der Waals surface area contributed by atoms with Gasteiger partial charge in [-0.25, -0.2) is 0 Å². The molecule has 0 heterocycles. The fourth-order valence-corrected chi connectivity index (χ4v) is 1.83. The van der Waals surface area contributed by atoms with Gasteiger partial charge >= 0.3 is 0 Å². The molecule has 5 heteroatoms. The largest absolute Gasteiger partial charge is 0.497 e. The molecule has 2 amide bonds. The number of hydrogen-bond acceptors (Lipinski definition) is 3. The summed E-state index contributed by atoms with van der Waals surface area (Å²) in [6.07, 6.45) is 5.99. The lowest BCUT2D eigenvalue weighted by Gasteiger charge is -2.02. The summed E-state index contributed by atoms with van der Waals surface area (Å²) >= 11 is 0. The van der Waals surface area contributed by atoms with E-state index in [0.29, 0.717) is 0 Å². The Balaban J connectivity index is 1.78. The van der Waals surface area contributed by atoms with Gasteiger partial charge in [-0.1, -0.05) is 42.5 Å². The number of carbonyl (C=O) groups excluding carboxylic acids is 2. The molecule has 0 fully saturated rings. The third-order valence-electron chi connectivity index (χ3n) is 3.08. The predicted molar refractivity (Wildman–Crippen MR) is 93.8 cm³/mol. The van der Waals surface area contributed by atoms with E-state index in [-0.39, 0.29) is 0 Å². The first-order chi connectivity index (χ1) is 11.7. The molecule has 0 unspecified atom stereocenters. The van der Waals surface area contributed by atoms with Gasteiger partial charge in [0.2, 0.25) is 0 Å². The van der Waals surface area contributed by atoms with Gasteiger partial charge in [0, 0.05) is 12.2 Å². The second-order valence-electron chi connectivity index (χ2n) is 4.83. The SMILES string of the molecule is COc1ccc(/C=C/C(=O)NNC(=O)/C=C/c2ccccc2)cc1. The summed E-state index contributed by atoms with van der Waals surface area (Å²) in [5.74, 6) is -0.0913. The molecule has 2 N–H and O–H groups in total. The minimum Gasteiger partial charge on any atom is -0.497 e. The monoisotopic (exact) mass is 322 g/mol. The van der Waals surface area contributed by atoms with Crippen LogP contribution in [0.15, 0.2) is 66.7 Å². The van der Waals surface area contributed by atoms with E-state index in [1.807, 2.05) is 42.5 Å². The van der Waals surface area contributed by atoms with Crippen LogP contribution in [0.25, 0.3) is 12.2 Å². The van der Waals surface area contributed by atoms with Crippen LogP contribution >= 0.6 is 0 Å². The van der Waals surface area contributed by atoms with E-state index in [0.717, 1.165) is 16.9 Å². The van der Waals surface area contributed by atoms with Crippen molar-refractivity contribution in [3.05, 3.63) is 77.9 Å². The van der Waals surface area contributed by atoms with Crippen LogP contribution in [-0.4, -0.2) is 18.9 Å². The highest BCUT2D eigenvalue weighted by Crippen LogP contribution is 2.12. The number of carbonyl (C=O) groups is 2. The van der Waals surface area contributed by atoms with Gasteiger partial charge in [0.15, 0.2) is 0 Å². The molecule has 2 rings (SSSR count). The van der Waals surface area contributed by atoms with Crippen molar-refractivity contribution in [2.45, 2.75) is 0 Å². The van der Waals surface area contributed by atoms with Crippen molar-refractivity contribution in [2.24, 2.45) is 0 Å². The Bertz CT molecular complexity index is 735. The molecule has 122 valence electrons. The number of methoxy groups -OCH3 is 1. The van der Waals surface area contributed by atoms with Gasteiger partial charge in [0.25, 0.3) is 11.8 Å². The first-order valence-corrected chi connectivity index (χ1v) is 7.32. The number of nitrogens with one attached hydrogen (secondary N) is 2. The second-order valence-corrected chi connectivity index (χ2v) is 4.83. The lowest BCUT2D eigenvalue weighted by Crippen LogP contribution is -2.39. The summed E-state index contributed by atoms with van der Waals surface area (Å²) in [7, 11) is 1.59. The van der Waals surface area contributed by atoms with Crippen molar-refractivity contribution in [1.82, 2.24) is 10.9 Å². The number of amides is 2. The van der Waals surface area contributed by atoms with Crippen LogP contribution in [0.2, 0.25) is 0 Å². The van der Waals surface area contributed by atoms with Gasteiger partial charge in [-0.05, 0) is 35.4 Å². The molecule has 0 spiro atoms. The first kappa shape index (κ1) is 17.0. The topological polar surface area (TPSA) is 67.4 Å². The molecule has 5 nitrogen and oxygen atoms in total. The fraction of sp³-hybridized carbons (Fsp3) is 0.0526. The Labute approximate surface area is 140 Å². The lowest BCUT2D eigenvalue weighted by molar-refractivity contribution is -0.123. The zero-order chi connectivity index (χ0) is 17.2. The molecule has 0 aliphatic carbocycles. The van der Waals surface area contributed by atoms with Gasteiger partial charge < -0.3 is 4.74 Å². The number of hydrogen-bond donors (Lipinski definition) is 2. The summed E-state index contributed by atoms with van der Waals surface area (Å²) in [6.45, 7) is 0. The van der Waals surface area contributed by atoms with Crippen molar-refractivity contribution in [1.29, 1.82) is 0 Å². The van der Waals surface area contributed by atoms with Gasteiger partial charge in [-0.15, -0.1) is 0 Å². The fourth-order valence-electron chi connectivity index (χ4n) is 1.83. The number of ether oxygens (including phenoxy) is 1. The number of benzene rings is 2. The maximum absolute atomic E-state index is 11.7. The van der Waals surface area contributed by atoms with E-state index < -0.39 is 11.8 Å². The summed E-state index contributed by atoms with van der Waals surface area (Å²) in [5.41, 5.74) is 6.37. The zero-order valence-electron chi connectivity index (χ0n) is 13.2. The van der Waals surface area contributed by atoms with Crippen molar-refractivity contribution in [3.63, 3.8) is 0 Å². The molecule has 0 radical (unpaired) electrons. The van der Waals surface area contributed by atoms with Crippen LogP contribution in [-0.2, 0) is 9.59 Å². The molecule has 2 aromatic rings. The second kappa shape index (κ2) is 8.95. The predicted octanol–water partition coefficient (Wildman–Crippen LogP) is 2.57. The standard InChI is InChI=1S/C19H18N2O3/c1-24-17-11-7-16(8-12-17)10-14-19(23)21-20-18(22)13-9-15-5-3-2-4-6-15/h2-14H,1H3,(H,20,22)(H,21,23)/b13-9+,14-10+. The third-order valence-corrected chi connectivity index (χ3v) is 3.08. The summed E-state index contributed by atoms with van der Waals surface area (Å²) in [5, 5.41) is 0. The molecule has 0 aromatic heterocycles. The van der Waals surface area contributed by atoms with Crippen LogP contribution in [0.4, 0.5) is 0 Å². The third kappa shape index (κ3) is 5.81.